The molecule has 0 amide bonds. The molecule has 0 aliphatic rings. The molecule has 102 valence electrons. The van der Waals surface area contributed by atoms with Crippen LogP contribution >= 0.6 is 0 Å². The first-order valence-corrected chi connectivity index (χ1v) is 7.08. The smallest absolute Gasteiger partial charge is 0.178 e. The Labute approximate surface area is 108 Å². The summed E-state index contributed by atoms with van der Waals surface area (Å²) in [6.07, 6.45) is 0.809. The van der Waals surface area contributed by atoms with Crippen LogP contribution in [0.3, 0.4) is 0 Å². The van der Waals surface area contributed by atoms with Crippen molar-refractivity contribution in [2.75, 3.05) is 12.0 Å². The summed E-state index contributed by atoms with van der Waals surface area (Å²) in [5.74, 6) is -1.62. The summed E-state index contributed by atoms with van der Waals surface area (Å²) >= 11 is 0. The SMILES string of the molecule is Cn1nc(-c2cc(F)c(S(C)(=O)=O)cc2F)cc1N. The number of hydrogen-bond donors (Lipinski definition) is 1. The van der Waals surface area contributed by atoms with Gasteiger partial charge < -0.3 is 5.73 Å². The maximum absolute atomic E-state index is 13.9. The first-order valence-electron chi connectivity index (χ1n) is 5.19. The molecule has 0 aliphatic heterocycles. The minimum Gasteiger partial charge on any atom is -0.384 e. The van der Waals surface area contributed by atoms with E-state index in [1.54, 1.807) is 7.05 Å². The minimum atomic E-state index is -3.82. The van der Waals surface area contributed by atoms with E-state index < -0.39 is 26.4 Å². The second-order valence-corrected chi connectivity index (χ2v) is 6.10. The largest absolute Gasteiger partial charge is 0.384 e. The van der Waals surface area contributed by atoms with Crippen LogP contribution in [0, 0.1) is 11.6 Å². The Bertz CT molecular complexity index is 734. The van der Waals surface area contributed by atoms with Crippen LogP contribution in [-0.4, -0.2) is 24.5 Å². The van der Waals surface area contributed by atoms with Crippen LogP contribution in [0.1, 0.15) is 0 Å². The van der Waals surface area contributed by atoms with Crippen LogP contribution in [0.5, 0.6) is 0 Å². The monoisotopic (exact) mass is 287 g/mol. The van der Waals surface area contributed by atoms with Gasteiger partial charge in [-0.3, -0.25) is 4.68 Å². The lowest BCUT2D eigenvalue weighted by Crippen LogP contribution is -2.03. The maximum atomic E-state index is 13.9. The fourth-order valence-corrected chi connectivity index (χ4v) is 2.35. The van der Waals surface area contributed by atoms with E-state index in [1.807, 2.05) is 0 Å². The number of aromatic nitrogens is 2. The molecule has 0 atom stereocenters. The zero-order valence-electron chi connectivity index (χ0n) is 10.2. The molecule has 1 aromatic heterocycles. The Kier molecular flexibility index (Phi) is 3.05. The molecule has 0 saturated heterocycles. The summed E-state index contributed by atoms with van der Waals surface area (Å²) in [4.78, 5) is -0.683. The molecule has 19 heavy (non-hydrogen) atoms. The highest BCUT2D eigenvalue weighted by atomic mass is 32.2. The summed E-state index contributed by atoms with van der Waals surface area (Å²) in [6, 6.07) is 2.82. The van der Waals surface area contributed by atoms with Crippen LogP contribution in [0.2, 0.25) is 0 Å². The molecule has 2 aromatic rings. The van der Waals surface area contributed by atoms with Gasteiger partial charge in [-0.05, 0) is 12.1 Å². The number of benzene rings is 1. The second kappa shape index (κ2) is 4.30. The number of aryl methyl sites for hydroxylation is 1. The van der Waals surface area contributed by atoms with Crippen molar-refractivity contribution >= 4 is 15.7 Å². The molecule has 2 rings (SSSR count). The number of nitrogens with zero attached hydrogens (tertiary/aromatic N) is 2. The topological polar surface area (TPSA) is 78.0 Å². The molecule has 1 heterocycles. The van der Waals surface area contributed by atoms with Crippen LogP contribution in [0.4, 0.5) is 14.6 Å². The fraction of sp³-hybridized carbons (Fsp3) is 0.182. The summed E-state index contributed by atoms with van der Waals surface area (Å²) in [5, 5.41) is 3.91. The Morgan fingerprint density at radius 3 is 2.32 bits per heavy atom. The predicted molar refractivity (Wildman–Crippen MR) is 66.1 cm³/mol. The third-order valence-corrected chi connectivity index (χ3v) is 3.72. The molecule has 1 aromatic carbocycles. The summed E-state index contributed by atoms with van der Waals surface area (Å²) in [5.41, 5.74) is 5.55. The predicted octanol–water partition coefficient (Wildman–Crippen LogP) is 1.35. The highest BCUT2D eigenvalue weighted by Crippen LogP contribution is 2.27. The van der Waals surface area contributed by atoms with Crippen LogP contribution < -0.4 is 5.73 Å². The van der Waals surface area contributed by atoms with E-state index in [0.29, 0.717) is 6.07 Å². The fourth-order valence-electron chi connectivity index (χ4n) is 1.62. The van der Waals surface area contributed by atoms with Gasteiger partial charge in [0, 0.05) is 24.9 Å². The van der Waals surface area contributed by atoms with Crippen molar-refractivity contribution in [1.82, 2.24) is 9.78 Å². The lowest BCUT2D eigenvalue weighted by Gasteiger charge is -2.04. The van der Waals surface area contributed by atoms with Gasteiger partial charge in [-0.25, -0.2) is 17.2 Å². The number of nitrogen functional groups attached to an aromatic ring is 1. The number of anilines is 1. The van der Waals surface area contributed by atoms with Gasteiger partial charge >= 0.3 is 0 Å². The first kappa shape index (κ1) is 13.5. The highest BCUT2D eigenvalue weighted by molar-refractivity contribution is 7.90. The van der Waals surface area contributed by atoms with Crippen LogP contribution in [0.15, 0.2) is 23.1 Å². The molecule has 0 unspecified atom stereocenters. The Hall–Kier alpha value is -1.96. The van der Waals surface area contributed by atoms with Crippen molar-refractivity contribution in [3.8, 4) is 11.3 Å². The van der Waals surface area contributed by atoms with Gasteiger partial charge in [0.2, 0.25) is 0 Å². The normalized spacial score (nSPS) is 11.8. The highest BCUT2D eigenvalue weighted by Gasteiger charge is 2.19. The zero-order valence-corrected chi connectivity index (χ0v) is 11.0. The number of halogens is 2. The molecule has 0 spiro atoms. The Morgan fingerprint density at radius 2 is 1.84 bits per heavy atom. The van der Waals surface area contributed by atoms with Crippen molar-refractivity contribution in [1.29, 1.82) is 0 Å². The molecule has 0 aliphatic carbocycles. The van der Waals surface area contributed by atoms with Gasteiger partial charge in [0.1, 0.15) is 22.3 Å². The molecule has 5 nitrogen and oxygen atoms in total. The van der Waals surface area contributed by atoms with Gasteiger partial charge in [0.15, 0.2) is 9.84 Å². The summed E-state index contributed by atoms with van der Waals surface area (Å²) < 4.78 is 51.4. The molecule has 2 N–H and O–H groups in total. The number of nitrogens with two attached hydrogens (primary N) is 1. The summed E-state index contributed by atoms with van der Waals surface area (Å²) in [7, 11) is -2.27. The van der Waals surface area contributed by atoms with E-state index in [9.17, 15) is 17.2 Å². The van der Waals surface area contributed by atoms with E-state index in [0.717, 1.165) is 12.3 Å². The first-order chi connectivity index (χ1) is 8.70. The lowest BCUT2D eigenvalue weighted by molar-refractivity contribution is 0.557. The van der Waals surface area contributed by atoms with Crippen molar-refractivity contribution in [3.63, 3.8) is 0 Å². The van der Waals surface area contributed by atoms with Crippen molar-refractivity contribution < 1.29 is 17.2 Å². The van der Waals surface area contributed by atoms with Crippen molar-refractivity contribution in [2.24, 2.45) is 7.05 Å². The van der Waals surface area contributed by atoms with Crippen molar-refractivity contribution in [3.05, 3.63) is 29.8 Å². The van der Waals surface area contributed by atoms with Gasteiger partial charge in [0.05, 0.1) is 5.69 Å². The van der Waals surface area contributed by atoms with E-state index in [-0.39, 0.29) is 17.1 Å². The molecular formula is C11H11F2N3O2S. The second-order valence-electron chi connectivity index (χ2n) is 4.11. The quantitative estimate of drug-likeness (QED) is 0.904. The molecule has 8 heteroatoms. The van der Waals surface area contributed by atoms with Crippen LogP contribution in [0.25, 0.3) is 11.3 Å². The number of sulfone groups is 1. The number of rotatable bonds is 2. The van der Waals surface area contributed by atoms with E-state index in [2.05, 4.69) is 5.10 Å². The standard InChI is InChI=1S/C11H11F2N3O2S/c1-16-11(14)5-9(15-16)6-3-8(13)10(4-7(6)12)19(2,17)18/h3-5H,14H2,1-2H3. The average Bonchev–Trinajstić information content (AvgIpc) is 2.60. The van der Waals surface area contributed by atoms with Gasteiger partial charge in [-0.2, -0.15) is 5.10 Å². The van der Waals surface area contributed by atoms with Crippen molar-refractivity contribution in [2.45, 2.75) is 4.90 Å². The average molecular weight is 287 g/mol. The lowest BCUT2D eigenvalue weighted by atomic mass is 10.1. The maximum Gasteiger partial charge on any atom is 0.178 e. The molecule has 0 saturated carbocycles. The zero-order chi connectivity index (χ0) is 14.4. The molecule has 0 bridgehead atoms. The van der Waals surface area contributed by atoms with Crippen LogP contribution in [-0.2, 0) is 16.9 Å². The molecule has 0 fully saturated rings. The van der Waals surface area contributed by atoms with E-state index in [4.69, 9.17) is 5.73 Å². The van der Waals surface area contributed by atoms with E-state index >= 15 is 0 Å². The number of hydrogen-bond acceptors (Lipinski definition) is 4. The van der Waals surface area contributed by atoms with Gasteiger partial charge in [-0.15, -0.1) is 0 Å². The molecule has 0 radical (unpaired) electrons. The van der Waals surface area contributed by atoms with Gasteiger partial charge in [0.25, 0.3) is 0 Å². The van der Waals surface area contributed by atoms with E-state index in [1.165, 1.54) is 10.7 Å². The third-order valence-electron chi connectivity index (χ3n) is 2.61. The Balaban J connectivity index is 2.65. The van der Waals surface area contributed by atoms with Gasteiger partial charge in [-0.1, -0.05) is 0 Å². The minimum absolute atomic E-state index is 0.136. The summed E-state index contributed by atoms with van der Waals surface area (Å²) in [6.45, 7) is 0. The third kappa shape index (κ3) is 2.43. The Morgan fingerprint density at radius 1 is 1.21 bits per heavy atom. The molecular weight excluding hydrogens is 276 g/mol.